The van der Waals surface area contributed by atoms with E-state index in [1.54, 1.807) is 0 Å². The van der Waals surface area contributed by atoms with Gasteiger partial charge in [-0.15, -0.1) is 23.5 Å². The zero-order chi connectivity index (χ0) is 13.8. The van der Waals surface area contributed by atoms with Crippen molar-refractivity contribution in [2.75, 3.05) is 0 Å². The summed E-state index contributed by atoms with van der Waals surface area (Å²) in [6.45, 7) is 0. The Morgan fingerprint density at radius 2 is 1.05 bits per heavy atom. The highest BCUT2D eigenvalue weighted by Crippen LogP contribution is 2.51. The van der Waals surface area contributed by atoms with Gasteiger partial charge in [0, 0.05) is 10.5 Å². The summed E-state index contributed by atoms with van der Waals surface area (Å²) in [5, 5.41) is 1.49. The summed E-state index contributed by atoms with van der Waals surface area (Å²) in [6.07, 6.45) is 14.0. The van der Waals surface area contributed by atoms with Gasteiger partial charge in [0.05, 0.1) is 8.42 Å². The fourth-order valence-corrected chi connectivity index (χ4v) is 9.40. The van der Waals surface area contributed by atoms with Gasteiger partial charge in [0.15, 0.2) is 0 Å². The summed E-state index contributed by atoms with van der Waals surface area (Å²) in [7, 11) is 0. The minimum Gasteiger partial charge on any atom is -0.265 e. The Morgan fingerprint density at radius 3 is 1.50 bits per heavy atom. The number of fused-ring (bicyclic) bond motifs is 2. The summed E-state index contributed by atoms with van der Waals surface area (Å²) < 4.78 is 2.92. The van der Waals surface area contributed by atoms with E-state index in [9.17, 15) is 4.79 Å². The highest BCUT2D eigenvalue weighted by molar-refractivity contribution is 8.08. The molecule has 1 fully saturated rings. The maximum atomic E-state index is 11.6. The van der Waals surface area contributed by atoms with Gasteiger partial charge in [-0.25, -0.2) is 0 Å². The van der Waals surface area contributed by atoms with E-state index in [1.807, 2.05) is 23.5 Å². The maximum Gasteiger partial charge on any atom is 0.289 e. The van der Waals surface area contributed by atoms with Gasteiger partial charge >= 0.3 is 0 Å². The van der Waals surface area contributed by atoms with Gasteiger partial charge in [-0.3, -0.25) is 4.79 Å². The maximum absolute atomic E-state index is 11.6. The molecule has 1 aromatic rings. The summed E-state index contributed by atoms with van der Waals surface area (Å²) in [6, 6.07) is 0. The predicted octanol–water partition coefficient (Wildman–Crippen LogP) is 6.02. The second-order valence-electron chi connectivity index (χ2n) is 5.75. The van der Waals surface area contributed by atoms with E-state index in [0.29, 0.717) is 0 Å². The van der Waals surface area contributed by atoms with Crippen LogP contribution < -0.4 is 4.06 Å². The molecule has 2 aliphatic rings. The average Bonchev–Trinajstić information content (AvgIpc) is 2.77. The lowest BCUT2D eigenvalue weighted by atomic mass is 10.0. The molecule has 0 N–H and O–H groups in total. The number of thioether (sulfide) groups is 2. The zero-order valence-electron chi connectivity index (χ0n) is 11.8. The first kappa shape index (κ1) is 15.4. The van der Waals surface area contributed by atoms with Crippen molar-refractivity contribution >= 4 is 46.2 Å². The van der Waals surface area contributed by atoms with Gasteiger partial charge in [0.1, 0.15) is 0 Å². The molecule has 0 aromatic carbocycles. The van der Waals surface area contributed by atoms with Gasteiger partial charge in [-0.1, -0.05) is 74.0 Å². The lowest BCUT2D eigenvalue weighted by Gasteiger charge is -2.30. The third kappa shape index (κ3) is 4.05. The molecule has 20 heavy (non-hydrogen) atoms. The summed E-state index contributed by atoms with van der Waals surface area (Å²) >= 11 is 7.00. The largest absolute Gasteiger partial charge is 0.289 e. The van der Waals surface area contributed by atoms with E-state index >= 15 is 0 Å². The SMILES string of the molecule is O=c1sc2c(s1)SC1CCCCCCCCCCC1S2. The van der Waals surface area contributed by atoms with Crippen LogP contribution in [-0.4, -0.2) is 10.5 Å². The van der Waals surface area contributed by atoms with Crippen LogP contribution in [0.2, 0.25) is 0 Å². The van der Waals surface area contributed by atoms with Crippen LogP contribution in [0.15, 0.2) is 13.2 Å². The fourth-order valence-electron chi connectivity index (χ4n) is 3.07. The van der Waals surface area contributed by atoms with Crippen LogP contribution in [0.4, 0.5) is 0 Å². The van der Waals surface area contributed by atoms with E-state index in [0.717, 1.165) is 10.5 Å². The molecule has 0 bridgehead atoms. The molecule has 0 amide bonds. The number of hydrogen-bond acceptors (Lipinski definition) is 5. The third-order valence-corrected chi connectivity index (χ3v) is 10.1. The molecule has 2 unspecified atom stereocenters. The van der Waals surface area contributed by atoms with Crippen LogP contribution in [0.25, 0.3) is 0 Å². The van der Waals surface area contributed by atoms with E-state index < -0.39 is 0 Å². The van der Waals surface area contributed by atoms with Crippen molar-refractivity contribution in [1.29, 1.82) is 0 Å². The van der Waals surface area contributed by atoms with Gasteiger partial charge < -0.3 is 0 Å². The first-order chi connectivity index (χ1) is 9.83. The molecule has 1 aromatic heterocycles. The Hall–Kier alpha value is 0.550. The highest BCUT2D eigenvalue weighted by atomic mass is 32.2. The van der Waals surface area contributed by atoms with Crippen LogP contribution in [-0.2, 0) is 0 Å². The molecule has 0 saturated heterocycles. The quantitative estimate of drug-likeness (QED) is 0.572. The van der Waals surface area contributed by atoms with Crippen molar-refractivity contribution in [1.82, 2.24) is 0 Å². The monoisotopic (exact) mass is 346 g/mol. The molecule has 5 heteroatoms. The van der Waals surface area contributed by atoms with Gasteiger partial charge in [-0.05, 0) is 12.8 Å². The minimum absolute atomic E-state index is 0.285. The normalized spacial score (nSPS) is 28.8. The molecule has 1 nitrogen and oxygen atoms in total. The molecule has 1 aliphatic heterocycles. The molecule has 0 radical (unpaired) electrons. The van der Waals surface area contributed by atoms with Crippen molar-refractivity contribution in [2.45, 2.75) is 83.1 Å². The molecule has 1 saturated carbocycles. The van der Waals surface area contributed by atoms with Crippen molar-refractivity contribution < 1.29 is 0 Å². The Kier molecular flexibility index (Phi) is 5.95. The second-order valence-corrected chi connectivity index (χ2v) is 11.0. The fraction of sp³-hybridized carbons (Fsp3) is 0.800. The van der Waals surface area contributed by atoms with Gasteiger partial charge in [0.25, 0.3) is 4.06 Å². The van der Waals surface area contributed by atoms with E-state index in [1.165, 1.54) is 95.3 Å². The highest BCUT2D eigenvalue weighted by Gasteiger charge is 2.31. The Balaban J connectivity index is 1.69. The van der Waals surface area contributed by atoms with Gasteiger partial charge in [0.2, 0.25) is 0 Å². The number of rotatable bonds is 0. The second kappa shape index (κ2) is 7.70. The standard InChI is InChI=1S/C15H22OS4/c16-15-19-13-14(20-15)18-12-10-8-6-4-2-1-3-5-7-9-11(12)17-13/h11-12H,1-10H2. The van der Waals surface area contributed by atoms with Crippen molar-refractivity contribution in [3.8, 4) is 0 Å². The first-order valence-corrected chi connectivity index (χ1v) is 11.2. The lowest BCUT2D eigenvalue weighted by Crippen LogP contribution is -2.22. The van der Waals surface area contributed by atoms with Crippen molar-refractivity contribution in [3.63, 3.8) is 0 Å². The average molecular weight is 347 g/mol. The Morgan fingerprint density at radius 1 is 0.650 bits per heavy atom. The van der Waals surface area contributed by atoms with Crippen LogP contribution >= 0.6 is 46.2 Å². The summed E-state index contributed by atoms with van der Waals surface area (Å²) in [5.74, 6) is 0. The van der Waals surface area contributed by atoms with E-state index in [2.05, 4.69) is 0 Å². The molecule has 0 spiro atoms. The molecular formula is C15H22OS4. The lowest BCUT2D eigenvalue weighted by molar-refractivity contribution is 0.514. The van der Waals surface area contributed by atoms with Gasteiger partial charge in [-0.2, -0.15) is 0 Å². The van der Waals surface area contributed by atoms with Crippen LogP contribution in [0.1, 0.15) is 64.2 Å². The zero-order valence-corrected chi connectivity index (χ0v) is 15.0. The topological polar surface area (TPSA) is 17.1 Å². The van der Waals surface area contributed by atoms with Crippen LogP contribution in [0, 0.1) is 0 Å². The Bertz CT molecular complexity index is 438. The minimum atomic E-state index is 0.285. The molecular weight excluding hydrogens is 324 g/mol. The molecule has 1 aliphatic carbocycles. The summed E-state index contributed by atoms with van der Waals surface area (Å²) in [4.78, 5) is 11.6. The molecule has 112 valence electrons. The van der Waals surface area contributed by atoms with Crippen LogP contribution in [0.5, 0.6) is 0 Å². The van der Waals surface area contributed by atoms with Crippen molar-refractivity contribution in [2.24, 2.45) is 0 Å². The van der Waals surface area contributed by atoms with Crippen LogP contribution in [0.3, 0.4) is 0 Å². The smallest absolute Gasteiger partial charge is 0.265 e. The van der Waals surface area contributed by atoms with Crippen molar-refractivity contribution in [3.05, 3.63) is 8.85 Å². The van der Waals surface area contributed by atoms with E-state index in [-0.39, 0.29) is 4.06 Å². The molecule has 2 atom stereocenters. The third-order valence-electron chi connectivity index (χ3n) is 4.18. The first-order valence-electron chi connectivity index (χ1n) is 7.80. The Labute approximate surface area is 137 Å². The summed E-state index contributed by atoms with van der Waals surface area (Å²) in [5.41, 5.74) is 0. The predicted molar refractivity (Wildman–Crippen MR) is 93.9 cm³/mol. The van der Waals surface area contributed by atoms with E-state index in [4.69, 9.17) is 0 Å². The molecule has 2 heterocycles. The number of hydrogen-bond donors (Lipinski definition) is 0. The molecule has 3 rings (SSSR count).